The average molecular weight is 419 g/mol. The molecule has 0 fully saturated rings. The number of carbonyl (C=O) groups is 2. The van der Waals surface area contributed by atoms with Gasteiger partial charge in [-0.3, -0.25) is 14.9 Å². The molecule has 10 heteroatoms. The Morgan fingerprint density at radius 1 is 1.46 bits per heavy atom. The molecule has 2 rings (SSSR count). The number of hydrogen-bond acceptors (Lipinski definition) is 7. The summed E-state index contributed by atoms with van der Waals surface area (Å²) in [6.07, 6.45) is 4.24. The van der Waals surface area contributed by atoms with Crippen LogP contribution in [0.4, 0.5) is 11.5 Å². The average Bonchev–Trinajstić information content (AvgIpc) is 2.97. The minimum Gasteiger partial charge on any atom is -0.462 e. The van der Waals surface area contributed by atoms with Crippen LogP contribution in [0.3, 0.4) is 0 Å². The normalized spacial score (nSPS) is 10.6. The molecule has 1 amide bonds. The van der Waals surface area contributed by atoms with Crippen molar-refractivity contribution in [3.8, 4) is 0 Å². The van der Waals surface area contributed by atoms with Gasteiger partial charge in [0, 0.05) is 24.8 Å². The summed E-state index contributed by atoms with van der Waals surface area (Å²) in [5, 5.41) is 13.5. The van der Waals surface area contributed by atoms with Crippen LogP contribution in [0.5, 0.6) is 0 Å². The van der Waals surface area contributed by atoms with Crippen LogP contribution < -0.4 is 5.32 Å². The fourth-order valence-electron chi connectivity index (χ4n) is 2.23. The topological polar surface area (TPSA) is 103 Å². The number of allylic oxidation sites excluding steroid dienone is 1. The van der Waals surface area contributed by atoms with Gasteiger partial charge in [0.2, 0.25) is 5.91 Å². The Bertz CT molecular complexity index is 1010. The largest absolute Gasteiger partial charge is 0.462 e. The number of ether oxygens (including phenoxy) is 1. The van der Waals surface area contributed by atoms with E-state index in [-0.39, 0.29) is 23.0 Å². The molecule has 1 aromatic carbocycles. The zero-order valence-electron chi connectivity index (χ0n) is 14.9. The number of nitrogens with zero attached hydrogens (tertiary/aromatic N) is 2. The standard InChI is InChI=1S/C18H17N3O5S2/c1-3-10-20-16(15(28-18(20)27)17(23)26-4-2)19-14(22)9-8-12-6-5-7-13(11-12)21(24)25/h3,5-9,11H,1,4,10H2,2H3,(H,19,22)/b9-8+. The van der Waals surface area contributed by atoms with Crippen molar-refractivity contribution in [2.75, 3.05) is 11.9 Å². The van der Waals surface area contributed by atoms with Gasteiger partial charge in [-0.2, -0.15) is 0 Å². The highest BCUT2D eigenvalue weighted by atomic mass is 32.1. The number of benzene rings is 1. The van der Waals surface area contributed by atoms with Crippen molar-refractivity contribution < 1.29 is 19.2 Å². The zero-order chi connectivity index (χ0) is 20.7. The van der Waals surface area contributed by atoms with Crippen LogP contribution in [0.1, 0.15) is 22.2 Å². The third kappa shape index (κ3) is 5.21. The highest BCUT2D eigenvalue weighted by molar-refractivity contribution is 7.73. The molecule has 0 aliphatic rings. The van der Waals surface area contributed by atoms with Crippen LogP contribution >= 0.6 is 23.6 Å². The number of amides is 1. The van der Waals surface area contributed by atoms with E-state index in [9.17, 15) is 19.7 Å². The first-order chi connectivity index (χ1) is 13.4. The molecule has 0 unspecified atom stereocenters. The summed E-state index contributed by atoms with van der Waals surface area (Å²) in [5.41, 5.74) is 0.410. The lowest BCUT2D eigenvalue weighted by Crippen LogP contribution is -2.16. The maximum Gasteiger partial charge on any atom is 0.352 e. The third-order valence-corrected chi connectivity index (χ3v) is 4.85. The Morgan fingerprint density at radius 2 is 2.21 bits per heavy atom. The molecule has 0 aliphatic carbocycles. The van der Waals surface area contributed by atoms with E-state index in [1.54, 1.807) is 23.6 Å². The fourth-order valence-corrected chi connectivity index (χ4v) is 3.50. The SMILES string of the molecule is C=CCn1c(NC(=O)/C=C/c2cccc([N+](=O)[O-])c2)c(C(=O)OCC)sc1=S. The summed E-state index contributed by atoms with van der Waals surface area (Å²) < 4.78 is 6.97. The molecule has 146 valence electrons. The highest BCUT2D eigenvalue weighted by Gasteiger charge is 2.21. The highest BCUT2D eigenvalue weighted by Crippen LogP contribution is 2.26. The number of carbonyl (C=O) groups excluding carboxylic acids is 2. The van der Waals surface area contributed by atoms with E-state index >= 15 is 0 Å². The van der Waals surface area contributed by atoms with Crippen LogP contribution in [0.25, 0.3) is 6.08 Å². The van der Waals surface area contributed by atoms with E-state index in [1.807, 2.05) is 0 Å². The number of aromatic nitrogens is 1. The predicted octanol–water partition coefficient (Wildman–Crippen LogP) is 4.20. The smallest absolute Gasteiger partial charge is 0.352 e. The minimum absolute atomic E-state index is 0.0791. The number of nitrogens with one attached hydrogen (secondary N) is 1. The Hall–Kier alpha value is -3.11. The molecule has 0 saturated heterocycles. The van der Waals surface area contributed by atoms with Gasteiger partial charge in [0.05, 0.1) is 11.5 Å². The van der Waals surface area contributed by atoms with Crippen molar-refractivity contribution in [2.45, 2.75) is 13.5 Å². The molecule has 8 nitrogen and oxygen atoms in total. The Balaban J connectivity index is 2.28. The fraction of sp³-hybridized carbons (Fsp3) is 0.167. The second-order valence-corrected chi connectivity index (χ2v) is 6.98. The van der Waals surface area contributed by atoms with E-state index in [0.717, 1.165) is 11.3 Å². The van der Waals surface area contributed by atoms with Crippen LogP contribution in [0, 0.1) is 14.1 Å². The van der Waals surface area contributed by atoms with Gasteiger partial charge in [-0.15, -0.1) is 6.58 Å². The number of esters is 1. The van der Waals surface area contributed by atoms with Gasteiger partial charge < -0.3 is 14.6 Å². The van der Waals surface area contributed by atoms with E-state index in [1.165, 1.54) is 30.4 Å². The van der Waals surface area contributed by atoms with Crippen molar-refractivity contribution >= 4 is 53.0 Å². The van der Waals surface area contributed by atoms with Crippen molar-refractivity contribution in [3.63, 3.8) is 0 Å². The zero-order valence-corrected chi connectivity index (χ0v) is 16.5. The Morgan fingerprint density at radius 3 is 2.86 bits per heavy atom. The van der Waals surface area contributed by atoms with Gasteiger partial charge in [0.25, 0.3) is 5.69 Å². The molecule has 0 spiro atoms. The van der Waals surface area contributed by atoms with E-state index in [4.69, 9.17) is 17.0 Å². The second kappa shape index (κ2) is 9.72. The number of thiazole rings is 1. The molecular weight excluding hydrogens is 402 g/mol. The van der Waals surface area contributed by atoms with Gasteiger partial charge in [0.1, 0.15) is 5.82 Å². The molecule has 2 aromatic rings. The third-order valence-electron chi connectivity index (χ3n) is 3.42. The summed E-state index contributed by atoms with van der Waals surface area (Å²) in [4.78, 5) is 35.0. The molecule has 0 bridgehead atoms. The maximum absolute atomic E-state index is 12.4. The van der Waals surface area contributed by atoms with Crippen LogP contribution in [0.15, 0.2) is 43.0 Å². The Labute approximate surface area is 169 Å². The van der Waals surface area contributed by atoms with Gasteiger partial charge in [-0.25, -0.2) is 4.79 Å². The quantitative estimate of drug-likeness (QED) is 0.172. The maximum atomic E-state index is 12.4. The van der Waals surface area contributed by atoms with Gasteiger partial charge in [-0.05, 0) is 30.8 Å². The summed E-state index contributed by atoms with van der Waals surface area (Å²) >= 11 is 6.29. The van der Waals surface area contributed by atoms with Crippen molar-refractivity contribution in [1.29, 1.82) is 0 Å². The summed E-state index contributed by atoms with van der Waals surface area (Å²) in [7, 11) is 0. The molecule has 0 aliphatic heterocycles. The number of anilines is 1. The molecule has 1 aromatic heterocycles. The first-order valence-corrected chi connectivity index (χ1v) is 9.35. The number of rotatable bonds is 8. The van der Waals surface area contributed by atoms with E-state index < -0.39 is 16.8 Å². The first-order valence-electron chi connectivity index (χ1n) is 8.12. The van der Waals surface area contributed by atoms with Crippen LogP contribution in [0.2, 0.25) is 0 Å². The minimum atomic E-state index is -0.584. The first kappa shape index (κ1) is 21.2. The number of nitro groups is 1. The lowest BCUT2D eigenvalue weighted by Gasteiger charge is -2.09. The number of hydrogen-bond donors (Lipinski definition) is 1. The monoisotopic (exact) mass is 419 g/mol. The molecule has 1 heterocycles. The molecule has 0 radical (unpaired) electrons. The van der Waals surface area contributed by atoms with Crippen molar-refractivity contribution in [3.05, 3.63) is 67.5 Å². The number of nitro benzene ring substituents is 1. The lowest BCUT2D eigenvalue weighted by atomic mass is 10.2. The number of non-ortho nitro benzene ring substituents is 1. The molecule has 1 N–H and O–H groups in total. The molecule has 0 atom stereocenters. The Kier molecular flexibility index (Phi) is 7.36. The van der Waals surface area contributed by atoms with E-state index in [2.05, 4.69) is 11.9 Å². The van der Waals surface area contributed by atoms with Crippen LogP contribution in [-0.2, 0) is 16.1 Å². The summed E-state index contributed by atoms with van der Waals surface area (Å²) in [5.74, 6) is -0.885. The lowest BCUT2D eigenvalue weighted by molar-refractivity contribution is -0.384. The predicted molar refractivity (Wildman–Crippen MR) is 110 cm³/mol. The summed E-state index contributed by atoms with van der Waals surface area (Å²) in [6.45, 7) is 5.81. The second-order valence-electron chi connectivity index (χ2n) is 5.34. The van der Waals surface area contributed by atoms with Gasteiger partial charge >= 0.3 is 5.97 Å². The van der Waals surface area contributed by atoms with Gasteiger partial charge in [0.15, 0.2) is 8.83 Å². The van der Waals surface area contributed by atoms with Crippen molar-refractivity contribution in [2.24, 2.45) is 0 Å². The van der Waals surface area contributed by atoms with Crippen molar-refractivity contribution in [1.82, 2.24) is 4.57 Å². The molecule has 28 heavy (non-hydrogen) atoms. The van der Waals surface area contributed by atoms with Gasteiger partial charge in [-0.1, -0.05) is 29.5 Å². The van der Waals surface area contributed by atoms with E-state index in [0.29, 0.717) is 16.1 Å². The molecular formula is C18H17N3O5S2. The molecule has 0 saturated carbocycles. The summed E-state index contributed by atoms with van der Waals surface area (Å²) in [6, 6.07) is 5.86. The van der Waals surface area contributed by atoms with Crippen LogP contribution in [-0.4, -0.2) is 28.0 Å².